The topological polar surface area (TPSA) is 76.8 Å². The molecule has 6 nitrogen and oxygen atoms in total. The van der Waals surface area contributed by atoms with Crippen LogP contribution >= 0.6 is 24.8 Å². The number of hydrogen-bond acceptors (Lipinski definition) is 5. The van der Waals surface area contributed by atoms with E-state index in [1.165, 1.54) is 11.3 Å². The third kappa shape index (κ3) is 5.47. The van der Waals surface area contributed by atoms with Gasteiger partial charge in [0.15, 0.2) is 0 Å². The maximum Gasteiger partial charge on any atom is 0.240 e. The van der Waals surface area contributed by atoms with Crippen LogP contribution in [0.2, 0.25) is 0 Å². The molecule has 0 radical (unpaired) electrons. The van der Waals surface area contributed by atoms with Crippen molar-refractivity contribution < 1.29 is 14.3 Å². The first-order valence-electron chi connectivity index (χ1n) is 8.66. The fraction of sp³-hybridized carbons (Fsp3) is 0.611. The van der Waals surface area contributed by atoms with Crippen molar-refractivity contribution in [2.75, 3.05) is 44.4 Å². The molecule has 1 aromatic carbocycles. The van der Waals surface area contributed by atoms with Gasteiger partial charge in [-0.1, -0.05) is 12.1 Å². The van der Waals surface area contributed by atoms with Gasteiger partial charge in [-0.25, -0.2) is 0 Å². The van der Waals surface area contributed by atoms with Gasteiger partial charge in [-0.15, -0.1) is 24.8 Å². The Morgan fingerprint density at radius 1 is 1.15 bits per heavy atom. The van der Waals surface area contributed by atoms with Gasteiger partial charge in [0.1, 0.15) is 0 Å². The lowest BCUT2D eigenvalue weighted by Gasteiger charge is -2.33. The molecule has 2 fully saturated rings. The summed E-state index contributed by atoms with van der Waals surface area (Å²) >= 11 is 0. The van der Waals surface area contributed by atoms with E-state index in [0.717, 1.165) is 31.9 Å². The Hall–Kier alpha value is -1.05. The van der Waals surface area contributed by atoms with E-state index in [4.69, 9.17) is 15.2 Å². The number of aryl methyl sites for hydroxylation is 1. The second-order valence-corrected chi connectivity index (χ2v) is 6.68. The molecule has 0 saturated carbocycles. The van der Waals surface area contributed by atoms with Crippen molar-refractivity contribution in [3.63, 3.8) is 0 Å². The third-order valence-corrected chi connectivity index (χ3v) is 4.87. The molecule has 0 atom stereocenters. The molecule has 2 aliphatic rings. The number of carbonyl (C=O) groups is 1. The summed E-state index contributed by atoms with van der Waals surface area (Å²) in [5, 5.41) is 3.03. The summed E-state index contributed by atoms with van der Waals surface area (Å²) < 4.78 is 10.8. The highest BCUT2D eigenvalue weighted by atomic mass is 35.5. The molecule has 0 spiro atoms. The molecular formula is C18H29Cl2N3O3. The minimum atomic E-state index is -0.803. The smallest absolute Gasteiger partial charge is 0.240 e. The van der Waals surface area contributed by atoms with Crippen LogP contribution in [0, 0.1) is 6.92 Å². The van der Waals surface area contributed by atoms with E-state index in [1.54, 1.807) is 0 Å². The number of morpholine rings is 1. The molecule has 0 bridgehead atoms. The molecule has 2 heterocycles. The van der Waals surface area contributed by atoms with Crippen LogP contribution in [-0.4, -0.2) is 51.0 Å². The van der Waals surface area contributed by atoms with E-state index in [9.17, 15) is 4.79 Å². The van der Waals surface area contributed by atoms with Crippen molar-refractivity contribution in [1.29, 1.82) is 0 Å². The van der Waals surface area contributed by atoms with E-state index in [-0.39, 0.29) is 30.7 Å². The second kappa shape index (κ2) is 10.3. The summed E-state index contributed by atoms with van der Waals surface area (Å²) in [5.41, 5.74) is 8.96. The minimum absolute atomic E-state index is 0. The summed E-state index contributed by atoms with van der Waals surface area (Å²) in [4.78, 5) is 14.8. The average molecular weight is 406 g/mol. The highest BCUT2D eigenvalue weighted by molar-refractivity contribution is 5.86. The summed E-state index contributed by atoms with van der Waals surface area (Å²) in [6, 6.07) is 6.35. The first-order valence-corrected chi connectivity index (χ1v) is 8.66. The molecule has 2 saturated heterocycles. The molecule has 1 aromatic rings. The maximum absolute atomic E-state index is 12.5. The highest BCUT2D eigenvalue weighted by Gasteiger charge is 2.35. The Morgan fingerprint density at radius 3 is 2.42 bits per heavy atom. The van der Waals surface area contributed by atoms with Gasteiger partial charge in [0, 0.05) is 38.5 Å². The molecule has 3 rings (SSSR count). The quantitative estimate of drug-likeness (QED) is 0.798. The lowest BCUT2D eigenvalue weighted by atomic mass is 9.90. The number of carbonyl (C=O) groups excluding carboxylic acids is 1. The van der Waals surface area contributed by atoms with Crippen molar-refractivity contribution in [3.8, 4) is 0 Å². The van der Waals surface area contributed by atoms with Crippen LogP contribution in [0.25, 0.3) is 0 Å². The van der Waals surface area contributed by atoms with E-state index in [1.807, 2.05) is 0 Å². The monoisotopic (exact) mass is 405 g/mol. The van der Waals surface area contributed by atoms with Gasteiger partial charge >= 0.3 is 0 Å². The first kappa shape index (κ1) is 23.0. The summed E-state index contributed by atoms with van der Waals surface area (Å²) in [6.45, 7) is 6.91. The zero-order chi connectivity index (χ0) is 17.0. The van der Waals surface area contributed by atoms with Crippen LogP contribution in [0.4, 0.5) is 5.69 Å². The van der Waals surface area contributed by atoms with E-state index >= 15 is 0 Å². The second-order valence-electron chi connectivity index (χ2n) is 6.68. The lowest BCUT2D eigenvalue weighted by Crippen LogP contribution is -2.56. The number of rotatable bonds is 4. The minimum Gasteiger partial charge on any atom is -0.381 e. The fourth-order valence-corrected chi connectivity index (χ4v) is 3.24. The van der Waals surface area contributed by atoms with E-state index in [2.05, 4.69) is 35.3 Å². The van der Waals surface area contributed by atoms with Crippen LogP contribution in [0.1, 0.15) is 24.0 Å². The van der Waals surface area contributed by atoms with Gasteiger partial charge in [-0.3, -0.25) is 4.79 Å². The largest absolute Gasteiger partial charge is 0.381 e. The molecule has 3 N–H and O–H groups in total. The molecule has 0 aromatic heterocycles. The predicted molar refractivity (Wildman–Crippen MR) is 108 cm³/mol. The molecular weight excluding hydrogens is 377 g/mol. The van der Waals surface area contributed by atoms with Crippen molar-refractivity contribution in [2.45, 2.75) is 31.8 Å². The van der Waals surface area contributed by atoms with Crippen LogP contribution < -0.4 is 16.0 Å². The van der Waals surface area contributed by atoms with Gasteiger partial charge in [0.2, 0.25) is 5.91 Å². The number of nitrogens with one attached hydrogen (secondary N) is 1. The van der Waals surface area contributed by atoms with Crippen LogP contribution in [0.3, 0.4) is 0 Å². The Morgan fingerprint density at radius 2 is 1.77 bits per heavy atom. The molecule has 2 aliphatic heterocycles. The summed E-state index contributed by atoms with van der Waals surface area (Å²) in [5.74, 6) is -0.0840. The van der Waals surface area contributed by atoms with Crippen molar-refractivity contribution in [2.24, 2.45) is 5.73 Å². The lowest BCUT2D eigenvalue weighted by molar-refractivity contribution is -0.129. The molecule has 8 heteroatoms. The number of hydrogen-bond donors (Lipinski definition) is 2. The van der Waals surface area contributed by atoms with Gasteiger partial charge in [-0.05, 0) is 37.0 Å². The van der Waals surface area contributed by atoms with E-state index in [0.29, 0.717) is 32.6 Å². The Balaban J connectivity index is 0.00000169. The van der Waals surface area contributed by atoms with Gasteiger partial charge < -0.3 is 25.4 Å². The number of halogens is 2. The van der Waals surface area contributed by atoms with Gasteiger partial charge in [-0.2, -0.15) is 0 Å². The van der Waals surface area contributed by atoms with Crippen molar-refractivity contribution in [3.05, 3.63) is 29.3 Å². The molecule has 26 heavy (non-hydrogen) atoms. The number of nitrogens with two attached hydrogens (primary N) is 1. The van der Waals surface area contributed by atoms with Crippen LogP contribution in [0.15, 0.2) is 18.2 Å². The predicted octanol–water partition coefficient (Wildman–Crippen LogP) is 1.80. The first-order chi connectivity index (χ1) is 11.6. The number of benzene rings is 1. The number of ether oxygens (including phenoxy) is 2. The molecule has 0 aliphatic carbocycles. The average Bonchev–Trinajstić information content (AvgIpc) is 2.61. The summed E-state index contributed by atoms with van der Waals surface area (Å²) in [6.07, 6.45) is 1.14. The van der Waals surface area contributed by atoms with Crippen molar-refractivity contribution in [1.82, 2.24) is 5.32 Å². The van der Waals surface area contributed by atoms with Gasteiger partial charge in [0.25, 0.3) is 0 Å². The molecule has 148 valence electrons. The molecule has 1 amide bonds. The Labute approximate surface area is 167 Å². The SMILES string of the molecule is Cc1ccc(CNC(=O)C2(N)CCOCC2)c(N2CCOCC2)c1.Cl.Cl. The normalized spacial score (nSPS) is 19.1. The van der Waals surface area contributed by atoms with E-state index < -0.39 is 5.54 Å². The van der Waals surface area contributed by atoms with Crippen molar-refractivity contribution >= 4 is 36.4 Å². The Kier molecular flexibility index (Phi) is 9.13. The standard InChI is InChI=1S/C18H27N3O3.2ClH/c1-14-2-3-15(16(12-14)21-6-10-24-11-7-21)13-20-17(22)18(19)4-8-23-9-5-18;;/h2-3,12H,4-11,13,19H2,1H3,(H,20,22);2*1H. The summed E-state index contributed by atoms with van der Waals surface area (Å²) in [7, 11) is 0. The number of anilines is 1. The molecule has 0 unspecified atom stereocenters. The highest BCUT2D eigenvalue weighted by Crippen LogP contribution is 2.24. The number of amides is 1. The Bertz CT molecular complexity index is 589. The van der Waals surface area contributed by atoms with Gasteiger partial charge in [0.05, 0.1) is 18.8 Å². The number of nitrogens with zero attached hydrogens (tertiary/aromatic N) is 1. The third-order valence-electron chi connectivity index (χ3n) is 4.87. The maximum atomic E-state index is 12.5. The van der Waals surface area contributed by atoms with Crippen LogP contribution in [-0.2, 0) is 20.8 Å². The zero-order valence-electron chi connectivity index (χ0n) is 15.2. The zero-order valence-corrected chi connectivity index (χ0v) is 16.8. The van der Waals surface area contributed by atoms with Crippen LogP contribution in [0.5, 0.6) is 0 Å². The fourth-order valence-electron chi connectivity index (χ4n) is 3.24.